The van der Waals surface area contributed by atoms with Crippen LogP contribution in [-0.2, 0) is 14.4 Å². The molecule has 2 aliphatic rings. The monoisotopic (exact) mass is 389 g/mol. The summed E-state index contributed by atoms with van der Waals surface area (Å²) in [6.45, 7) is -0.407. The second kappa shape index (κ2) is 7.83. The van der Waals surface area contributed by atoms with E-state index in [9.17, 15) is 19.2 Å². The highest BCUT2D eigenvalue weighted by Gasteiger charge is 2.47. The zero-order chi connectivity index (χ0) is 20.4. The highest BCUT2D eigenvalue weighted by Crippen LogP contribution is 2.34. The van der Waals surface area contributed by atoms with Crippen LogP contribution in [0.5, 0.6) is 5.75 Å². The van der Waals surface area contributed by atoms with Crippen molar-refractivity contribution >= 4 is 23.6 Å². The van der Waals surface area contributed by atoms with Crippen molar-refractivity contribution in [3.05, 3.63) is 77.9 Å². The standard InChI is InChI=1S/C23H19NO5/c25-20(14-24-22(27)18-8-4-5-9-19(18)23(24)28)29-17-12-10-16(11-13-17)21(26)15-6-2-1-3-7-15/h1-7,10-13,18-19H,8-9,14H2/t18-,19+. The molecule has 0 aromatic heterocycles. The Labute approximate surface area is 167 Å². The van der Waals surface area contributed by atoms with E-state index in [1.165, 1.54) is 12.1 Å². The molecule has 0 radical (unpaired) electrons. The quantitative estimate of drug-likeness (QED) is 0.258. The van der Waals surface area contributed by atoms with Crippen LogP contribution in [0.2, 0.25) is 0 Å². The molecule has 0 saturated carbocycles. The Morgan fingerprint density at radius 3 is 1.97 bits per heavy atom. The molecule has 0 N–H and O–H groups in total. The highest BCUT2D eigenvalue weighted by molar-refractivity contribution is 6.09. The van der Waals surface area contributed by atoms with E-state index in [-0.39, 0.29) is 35.2 Å². The Morgan fingerprint density at radius 1 is 0.828 bits per heavy atom. The number of hydrogen-bond donors (Lipinski definition) is 0. The topological polar surface area (TPSA) is 80.8 Å². The number of allylic oxidation sites excluding steroid dienone is 2. The Hall–Kier alpha value is -3.54. The lowest BCUT2D eigenvalue weighted by Gasteiger charge is -2.14. The summed E-state index contributed by atoms with van der Waals surface area (Å²) in [5.41, 5.74) is 1.04. The van der Waals surface area contributed by atoms with Crippen LogP contribution in [0.4, 0.5) is 0 Å². The minimum atomic E-state index is -0.694. The van der Waals surface area contributed by atoms with Gasteiger partial charge in [0.05, 0.1) is 11.8 Å². The van der Waals surface area contributed by atoms with Crippen molar-refractivity contribution in [1.82, 2.24) is 4.90 Å². The number of ether oxygens (including phenoxy) is 1. The first-order valence-corrected chi connectivity index (χ1v) is 9.45. The number of ketones is 1. The van der Waals surface area contributed by atoms with Crippen molar-refractivity contribution in [3.8, 4) is 5.75 Å². The number of amides is 2. The normalized spacial score (nSPS) is 20.5. The summed E-state index contributed by atoms with van der Waals surface area (Å²) >= 11 is 0. The van der Waals surface area contributed by atoms with Gasteiger partial charge in [-0.05, 0) is 37.1 Å². The van der Waals surface area contributed by atoms with E-state index >= 15 is 0 Å². The van der Waals surface area contributed by atoms with Crippen LogP contribution < -0.4 is 4.74 Å². The molecule has 29 heavy (non-hydrogen) atoms. The zero-order valence-electron chi connectivity index (χ0n) is 15.6. The molecule has 6 heteroatoms. The molecule has 0 spiro atoms. The van der Waals surface area contributed by atoms with E-state index in [1.807, 2.05) is 18.2 Å². The SMILES string of the molecule is O=C(CN1C(=O)[C@H]2CC=CC[C@H]2C1=O)Oc1ccc(C(=O)c2ccccc2)cc1. The number of rotatable bonds is 5. The Kier molecular flexibility index (Phi) is 5.08. The van der Waals surface area contributed by atoms with Crippen LogP contribution in [0.25, 0.3) is 0 Å². The maximum Gasteiger partial charge on any atom is 0.331 e. The van der Waals surface area contributed by atoms with Gasteiger partial charge < -0.3 is 4.74 Å². The van der Waals surface area contributed by atoms with Crippen LogP contribution in [0.3, 0.4) is 0 Å². The van der Waals surface area contributed by atoms with Gasteiger partial charge in [0, 0.05) is 11.1 Å². The number of likely N-dealkylation sites (tertiary alicyclic amines) is 1. The third kappa shape index (κ3) is 3.74. The minimum Gasteiger partial charge on any atom is -0.425 e. The molecule has 2 amide bonds. The minimum absolute atomic E-state index is 0.132. The lowest BCUT2D eigenvalue weighted by atomic mass is 9.85. The third-order valence-corrected chi connectivity index (χ3v) is 5.27. The van der Waals surface area contributed by atoms with Crippen molar-refractivity contribution in [1.29, 1.82) is 0 Å². The fourth-order valence-corrected chi connectivity index (χ4v) is 3.75. The van der Waals surface area contributed by atoms with Crippen molar-refractivity contribution < 1.29 is 23.9 Å². The van der Waals surface area contributed by atoms with E-state index in [4.69, 9.17) is 4.74 Å². The van der Waals surface area contributed by atoms with Gasteiger partial charge in [-0.3, -0.25) is 19.3 Å². The van der Waals surface area contributed by atoms with E-state index in [1.54, 1.807) is 36.4 Å². The molecule has 2 aromatic carbocycles. The van der Waals surface area contributed by atoms with Crippen LogP contribution in [-0.4, -0.2) is 35.0 Å². The zero-order valence-corrected chi connectivity index (χ0v) is 15.6. The van der Waals surface area contributed by atoms with Gasteiger partial charge in [-0.1, -0.05) is 42.5 Å². The van der Waals surface area contributed by atoms with E-state index in [0.717, 1.165) is 4.90 Å². The highest BCUT2D eigenvalue weighted by atomic mass is 16.5. The average Bonchev–Trinajstić information content (AvgIpc) is 2.99. The Bertz CT molecular complexity index is 968. The molecule has 4 rings (SSSR count). The number of hydrogen-bond acceptors (Lipinski definition) is 5. The van der Waals surface area contributed by atoms with E-state index in [0.29, 0.717) is 24.0 Å². The Balaban J connectivity index is 1.38. The number of carbonyl (C=O) groups excluding carboxylic acids is 4. The van der Waals surface area contributed by atoms with Gasteiger partial charge in [-0.25, -0.2) is 4.79 Å². The smallest absolute Gasteiger partial charge is 0.331 e. The van der Waals surface area contributed by atoms with Crippen LogP contribution in [0.1, 0.15) is 28.8 Å². The first kappa shape index (κ1) is 18.8. The molecular weight excluding hydrogens is 370 g/mol. The van der Waals surface area contributed by atoms with Gasteiger partial charge in [0.25, 0.3) is 0 Å². The molecule has 6 nitrogen and oxygen atoms in total. The molecule has 1 fully saturated rings. The summed E-state index contributed by atoms with van der Waals surface area (Å²) in [5.74, 6) is -1.95. The molecule has 1 aliphatic carbocycles. The first-order valence-electron chi connectivity index (χ1n) is 9.45. The molecular formula is C23H19NO5. The molecule has 1 saturated heterocycles. The maximum absolute atomic E-state index is 12.4. The fourth-order valence-electron chi connectivity index (χ4n) is 3.75. The van der Waals surface area contributed by atoms with Gasteiger partial charge in [-0.15, -0.1) is 0 Å². The lowest BCUT2D eigenvalue weighted by molar-refractivity contribution is -0.148. The maximum atomic E-state index is 12.4. The van der Waals surface area contributed by atoms with Gasteiger partial charge in [0.2, 0.25) is 11.8 Å². The van der Waals surface area contributed by atoms with Crippen molar-refractivity contribution in [3.63, 3.8) is 0 Å². The second-order valence-corrected chi connectivity index (χ2v) is 7.11. The van der Waals surface area contributed by atoms with Crippen molar-refractivity contribution in [2.75, 3.05) is 6.54 Å². The molecule has 146 valence electrons. The summed E-state index contributed by atoms with van der Waals surface area (Å²) in [4.78, 5) is 50.5. The predicted octanol–water partition coefficient (Wildman–Crippen LogP) is 2.77. The van der Waals surface area contributed by atoms with Gasteiger partial charge in [-0.2, -0.15) is 0 Å². The first-order chi connectivity index (χ1) is 14.0. The second-order valence-electron chi connectivity index (χ2n) is 7.11. The largest absolute Gasteiger partial charge is 0.425 e. The summed E-state index contributed by atoms with van der Waals surface area (Å²) in [6, 6.07) is 15.1. The Morgan fingerprint density at radius 2 is 1.38 bits per heavy atom. The van der Waals surface area contributed by atoms with Crippen molar-refractivity contribution in [2.45, 2.75) is 12.8 Å². The van der Waals surface area contributed by atoms with Crippen LogP contribution in [0.15, 0.2) is 66.7 Å². The van der Waals surface area contributed by atoms with Gasteiger partial charge >= 0.3 is 5.97 Å². The van der Waals surface area contributed by atoms with Crippen LogP contribution in [0, 0.1) is 11.8 Å². The molecule has 2 aromatic rings. The molecule has 0 unspecified atom stereocenters. The predicted molar refractivity (Wildman–Crippen MR) is 104 cm³/mol. The summed E-state index contributed by atoms with van der Waals surface area (Å²) in [7, 11) is 0. The number of esters is 1. The van der Waals surface area contributed by atoms with E-state index < -0.39 is 12.5 Å². The average molecular weight is 389 g/mol. The summed E-state index contributed by atoms with van der Waals surface area (Å²) in [6.07, 6.45) is 4.84. The molecule has 1 heterocycles. The number of nitrogens with zero attached hydrogens (tertiary/aromatic N) is 1. The van der Waals surface area contributed by atoms with Crippen molar-refractivity contribution in [2.24, 2.45) is 11.8 Å². The van der Waals surface area contributed by atoms with Gasteiger partial charge in [0.1, 0.15) is 12.3 Å². The fraction of sp³-hybridized carbons (Fsp3) is 0.217. The number of carbonyl (C=O) groups is 4. The summed E-state index contributed by atoms with van der Waals surface area (Å²) in [5, 5.41) is 0. The molecule has 2 atom stereocenters. The van der Waals surface area contributed by atoms with Crippen LogP contribution >= 0.6 is 0 Å². The molecule has 0 bridgehead atoms. The number of fused-ring (bicyclic) bond motifs is 1. The third-order valence-electron chi connectivity index (χ3n) is 5.27. The van der Waals surface area contributed by atoms with Gasteiger partial charge in [0.15, 0.2) is 5.78 Å². The lowest BCUT2D eigenvalue weighted by Crippen LogP contribution is -2.37. The molecule has 1 aliphatic heterocycles. The number of benzene rings is 2. The summed E-state index contributed by atoms with van der Waals surface area (Å²) < 4.78 is 5.25. The number of imide groups is 1. The van der Waals surface area contributed by atoms with E-state index in [2.05, 4.69) is 0 Å².